The third kappa shape index (κ3) is 5.21. The number of carboxylic acids is 1. The molecule has 1 N–H and O–H groups in total. The zero-order valence-electron chi connectivity index (χ0n) is 9.37. The molecule has 80 valence electrons. The van der Waals surface area contributed by atoms with Crippen LogP contribution in [0.3, 0.4) is 0 Å². The fourth-order valence-corrected chi connectivity index (χ4v) is 5.09. The fourth-order valence-electron chi connectivity index (χ4n) is 1.37. The Morgan fingerprint density at radius 2 is 2.07 bits per heavy atom. The molecular weight excluding hydrogens is 295 g/mol. The topological polar surface area (TPSA) is 37.3 Å². The van der Waals surface area contributed by atoms with Gasteiger partial charge in [-0.2, -0.15) is 0 Å². The summed E-state index contributed by atoms with van der Waals surface area (Å²) in [6.07, 6.45) is 0.136. The van der Waals surface area contributed by atoms with E-state index in [2.05, 4.69) is 32.9 Å². The molecule has 0 aromatic heterocycles. The van der Waals surface area contributed by atoms with E-state index in [0.717, 1.165) is 5.56 Å². The number of benzene rings is 1. The molecule has 2 radical (unpaired) electrons. The van der Waals surface area contributed by atoms with E-state index in [4.69, 9.17) is 5.11 Å². The minimum absolute atomic E-state index is 0.136. The van der Waals surface area contributed by atoms with Crippen LogP contribution in [0.1, 0.15) is 26.3 Å². The maximum atomic E-state index is 10.6. The molecule has 0 aliphatic carbocycles. The van der Waals surface area contributed by atoms with Crippen molar-refractivity contribution in [2.45, 2.75) is 30.6 Å². The van der Waals surface area contributed by atoms with Crippen molar-refractivity contribution in [2.75, 3.05) is 0 Å². The van der Waals surface area contributed by atoms with Gasteiger partial charge in [0.25, 0.3) is 0 Å². The van der Waals surface area contributed by atoms with E-state index in [1.54, 1.807) is 0 Å². The van der Waals surface area contributed by atoms with E-state index in [0.29, 0.717) is 3.43 Å². The van der Waals surface area contributed by atoms with Crippen LogP contribution in [0.15, 0.2) is 24.3 Å². The standard InChI is InChI=1S/C8H7O2.C4H9.Sn/c9-8(10)6-7-4-2-1-3-5-7;1-4(2)3;/h1-2,4-5H,6H2,(H,9,10);1-3H3;. The van der Waals surface area contributed by atoms with Gasteiger partial charge in [0.1, 0.15) is 0 Å². The van der Waals surface area contributed by atoms with Crippen molar-refractivity contribution in [1.29, 1.82) is 0 Å². The second-order valence-corrected chi connectivity index (χ2v) is 11.3. The molecule has 1 aromatic carbocycles. The fraction of sp³-hybridized carbons (Fsp3) is 0.417. The van der Waals surface area contributed by atoms with Gasteiger partial charge in [0.2, 0.25) is 0 Å². The van der Waals surface area contributed by atoms with E-state index < -0.39 is 27.1 Å². The molecule has 0 bridgehead atoms. The second-order valence-electron chi connectivity index (χ2n) is 4.65. The van der Waals surface area contributed by atoms with Gasteiger partial charge in [-0.3, -0.25) is 0 Å². The molecule has 15 heavy (non-hydrogen) atoms. The molecule has 0 amide bonds. The number of carboxylic acid groups (broad SMARTS) is 1. The molecule has 0 saturated carbocycles. The van der Waals surface area contributed by atoms with Gasteiger partial charge in [0, 0.05) is 0 Å². The summed E-state index contributed by atoms with van der Waals surface area (Å²) >= 11 is -0.611. The molecule has 0 aliphatic heterocycles. The van der Waals surface area contributed by atoms with Crippen molar-refractivity contribution in [2.24, 2.45) is 0 Å². The predicted molar refractivity (Wildman–Crippen MR) is 62.9 cm³/mol. The number of carbonyl (C=O) groups is 1. The summed E-state index contributed by atoms with van der Waals surface area (Å²) in [4.78, 5) is 10.6. The third-order valence-corrected chi connectivity index (χ3v) is 5.65. The van der Waals surface area contributed by atoms with E-state index in [-0.39, 0.29) is 6.42 Å². The molecule has 0 spiro atoms. The van der Waals surface area contributed by atoms with E-state index in [1.807, 2.05) is 12.1 Å². The summed E-state index contributed by atoms with van der Waals surface area (Å²) in [6, 6.07) is 8.05. The van der Waals surface area contributed by atoms with Gasteiger partial charge in [-0.25, -0.2) is 0 Å². The average molecular weight is 311 g/mol. The van der Waals surface area contributed by atoms with Crippen LogP contribution in [-0.2, 0) is 11.2 Å². The first-order valence-corrected chi connectivity index (χ1v) is 7.81. The molecule has 0 aliphatic rings. The van der Waals surface area contributed by atoms with Gasteiger partial charge in [-0.15, -0.1) is 0 Å². The molecule has 0 heterocycles. The molecule has 2 nitrogen and oxygen atoms in total. The number of hydrogen-bond acceptors (Lipinski definition) is 1. The predicted octanol–water partition coefficient (Wildman–Crippen LogP) is 1.86. The Hall–Kier alpha value is -0.511. The quantitative estimate of drug-likeness (QED) is 0.865. The average Bonchev–Trinajstić information content (AvgIpc) is 1.99. The molecule has 1 rings (SSSR count). The molecular formula is C12H16O2Sn. The summed E-state index contributed by atoms with van der Waals surface area (Å²) in [5, 5.41) is 8.70. The molecule has 0 unspecified atom stereocenters. The van der Waals surface area contributed by atoms with Crippen LogP contribution in [0.2, 0.25) is 3.43 Å². The minimum atomic E-state index is -0.756. The van der Waals surface area contributed by atoms with Crippen molar-refractivity contribution in [1.82, 2.24) is 0 Å². The third-order valence-electron chi connectivity index (χ3n) is 1.80. The van der Waals surface area contributed by atoms with Crippen LogP contribution in [0.5, 0.6) is 0 Å². The van der Waals surface area contributed by atoms with Crippen LogP contribution in [0.25, 0.3) is 0 Å². The van der Waals surface area contributed by atoms with Gasteiger partial charge in [-0.1, -0.05) is 0 Å². The Morgan fingerprint density at radius 1 is 1.40 bits per heavy atom. The van der Waals surface area contributed by atoms with E-state index in [9.17, 15) is 4.79 Å². The Kier molecular flexibility index (Phi) is 4.20. The van der Waals surface area contributed by atoms with Crippen molar-refractivity contribution in [3.05, 3.63) is 29.8 Å². The summed E-state index contributed by atoms with van der Waals surface area (Å²) in [6.45, 7) is 6.76. The first-order chi connectivity index (χ1) is 6.87. The van der Waals surface area contributed by atoms with Crippen molar-refractivity contribution < 1.29 is 9.90 Å². The number of rotatable bonds is 3. The van der Waals surface area contributed by atoms with E-state index >= 15 is 0 Å². The molecule has 0 atom stereocenters. The van der Waals surface area contributed by atoms with E-state index in [1.165, 1.54) is 3.58 Å². The molecule has 0 fully saturated rings. The number of aliphatic carboxylic acids is 1. The number of hydrogen-bond donors (Lipinski definition) is 1. The van der Waals surface area contributed by atoms with Gasteiger partial charge in [0.05, 0.1) is 0 Å². The Labute approximate surface area is 101 Å². The van der Waals surface area contributed by atoms with Crippen LogP contribution in [0, 0.1) is 0 Å². The first kappa shape index (κ1) is 12.6. The Balaban J connectivity index is 2.79. The van der Waals surface area contributed by atoms with Crippen molar-refractivity contribution >= 4 is 30.7 Å². The zero-order chi connectivity index (χ0) is 11.5. The normalized spacial score (nSPS) is 11.4. The maximum absolute atomic E-state index is 10.6. The van der Waals surface area contributed by atoms with Crippen molar-refractivity contribution in [3.8, 4) is 0 Å². The van der Waals surface area contributed by atoms with Crippen molar-refractivity contribution in [3.63, 3.8) is 0 Å². The molecule has 1 aromatic rings. The summed E-state index contributed by atoms with van der Waals surface area (Å²) in [7, 11) is 0. The van der Waals surface area contributed by atoms with Gasteiger partial charge in [0.15, 0.2) is 0 Å². The Morgan fingerprint density at radius 3 is 2.60 bits per heavy atom. The second kappa shape index (κ2) is 5.01. The molecule has 0 saturated heterocycles. The summed E-state index contributed by atoms with van der Waals surface area (Å²) < 4.78 is 1.79. The van der Waals surface area contributed by atoms with Gasteiger partial charge >= 0.3 is 101 Å². The first-order valence-electron chi connectivity index (χ1n) is 4.96. The van der Waals surface area contributed by atoms with Gasteiger partial charge < -0.3 is 0 Å². The van der Waals surface area contributed by atoms with Crippen LogP contribution in [0.4, 0.5) is 0 Å². The SMILES string of the molecule is C[C](C)(C)[Sn][c]1cccc(CC(=O)O)c1. The zero-order valence-corrected chi connectivity index (χ0v) is 12.2. The summed E-state index contributed by atoms with van der Waals surface area (Å²) in [5.41, 5.74) is 0.921. The van der Waals surface area contributed by atoms with Crippen LogP contribution < -0.4 is 3.58 Å². The van der Waals surface area contributed by atoms with Crippen LogP contribution in [-0.4, -0.2) is 32.2 Å². The summed E-state index contributed by atoms with van der Waals surface area (Å²) in [5.74, 6) is -0.756. The monoisotopic (exact) mass is 312 g/mol. The Bertz CT molecular complexity index is 353. The van der Waals surface area contributed by atoms with Crippen LogP contribution >= 0.6 is 0 Å². The molecule has 3 heteroatoms. The van der Waals surface area contributed by atoms with Gasteiger partial charge in [-0.05, 0) is 0 Å².